The number of thioether (sulfide) groups is 6. The van der Waals surface area contributed by atoms with Gasteiger partial charge in [0.2, 0.25) is 0 Å². The SMILES string of the molecule is COc1cccc(CC(=O)N=C(N)SC(CCSCC(N)SC(N)=NC(=O)Cc2cccc(OC)c2)=Nc2ccc(CC(=O)N=C(N)SC(=N)CCSCC(=N)SC(N)=NC(=O)Cc3ccccc3OC)c(OC)c2)c1. The van der Waals surface area contributed by atoms with Crippen molar-refractivity contribution in [2.45, 2.75) is 43.9 Å². The molecule has 1 atom stereocenters. The van der Waals surface area contributed by atoms with Crippen molar-refractivity contribution >= 4 is 136 Å². The molecule has 76 heavy (non-hydrogen) atoms. The molecule has 1 unspecified atom stereocenters. The number of methoxy groups -OCH3 is 4. The lowest BCUT2D eigenvalue weighted by atomic mass is 10.1. The minimum absolute atomic E-state index is 0.00314. The maximum Gasteiger partial charge on any atom is 0.252 e. The Morgan fingerprint density at radius 1 is 0.539 bits per heavy atom. The van der Waals surface area contributed by atoms with Crippen molar-refractivity contribution in [3.63, 3.8) is 0 Å². The smallest absolute Gasteiger partial charge is 0.252 e. The molecule has 0 saturated carbocycles. The molecule has 0 fully saturated rings. The van der Waals surface area contributed by atoms with Crippen molar-refractivity contribution in [1.29, 1.82) is 10.8 Å². The number of amidine groups is 4. The van der Waals surface area contributed by atoms with Crippen LogP contribution in [0.4, 0.5) is 5.69 Å². The number of amides is 4. The van der Waals surface area contributed by atoms with Crippen molar-refractivity contribution in [3.05, 3.63) is 113 Å². The van der Waals surface area contributed by atoms with Crippen molar-refractivity contribution < 1.29 is 38.1 Å². The van der Waals surface area contributed by atoms with Gasteiger partial charge in [0.15, 0.2) is 20.7 Å². The number of hydrogen-bond donors (Lipinski definition) is 7. The Balaban J connectivity index is 1.32. The molecule has 20 nitrogen and oxygen atoms in total. The van der Waals surface area contributed by atoms with Crippen LogP contribution >= 0.6 is 70.6 Å². The second kappa shape index (κ2) is 33.7. The minimum atomic E-state index is -0.562. The fourth-order valence-corrected chi connectivity index (χ4v) is 11.3. The number of nitrogens with two attached hydrogens (primary N) is 5. The maximum absolute atomic E-state index is 13.1. The van der Waals surface area contributed by atoms with Crippen LogP contribution < -0.4 is 47.6 Å². The minimum Gasteiger partial charge on any atom is -0.497 e. The molecule has 0 radical (unpaired) electrons. The van der Waals surface area contributed by atoms with Crippen LogP contribution in [0.5, 0.6) is 23.0 Å². The average molecular weight is 1150 g/mol. The summed E-state index contributed by atoms with van der Waals surface area (Å²) in [5.41, 5.74) is 33.8. The van der Waals surface area contributed by atoms with Crippen molar-refractivity contribution in [2.24, 2.45) is 53.6 Å². The Kier molecular flexibility index (Phi) is 27.6. The van der Waals surface area contributed by atoms with E-state index >= 15 is 0 Å². The van der Waals surface area contributed by atoms with E-state index in [0.29, 0.717) is 80.5 Å². The van der Waals surface area contributed by atoms with Gasteiger partial charge in [-0.1, -0.05) is 60.3 Å². The second-order valence-electron chi connectivity index (χ2n) is 15.5. The molecule has 404 valence electrons. The third-order valence-electron chi connectivity index (χ3n) is 9.72. The number of carbonyl (C=O) groups excluding carboxylic acids is 4. The van der Waals surface area contributed by atoms with Crippen LogP contribution in [0.25, 0.3) is 0 Å². The Labute approximate surface area is 466 Å². The number of carbonyl (C=O) groups is 4. The summed E-state index contributed by atoms with van der Waals surface area (Å²) in [5, 5.41) is 16.9. The fourth-order valence-electron chi connectivity index (χ4n) is 6.39. The molecule has 4 rings (SSSR count). The average Bonchev–Trinajstić information content (AvgIpc) is 3.36. The Bertz CT molecular complexity index is 2850. The number of benzene rings is 4. The number of aliphatic imine (C=N–C) groups is 5. The highest BCUT2D eigenvalue weighted by molar-refractivity contribution is 8.27. The van der Waals surface area contributed by atoms with Gasteiger partial charge in [-0.05, 0) is 94.3 Å². The highest BCUT2D eigenvalue weighted by atomic mass is 32.2. The lowest BCUT2D eigenvalue weighted by Gasteiger charge is -2.12. The number of nitrogens with zero attached hydrogens (tertiary/aromatic N) is 5. The fraction of sp³-hybridized carbons (Fsp3) is 0.300. The zero-order valence-electron chi connectivity index (χ0n) is 42.1. The van der Waals surface area contributed by atoms with Crippen LogP contribution in [0.1, 0.15) is 35.1 Å². The molecule has 0 aliphatic heterocycles. The molecule has 4 aromatic rings. The zero-order chi connectivity index (χ0) is 55.4. The molecule has 12 N–H and O–H groups in total. The van der Waals surface area contributed by atoms with Crippen LogP contribution in [-0.2, 0) is 44.9 Å². The summed E-state index contributed by atoms with van der Waals surface area (Å²) in [4.78, 5) is 71.8. The van der Waals surface area contributed by atoms with Gasteiger partial charge in [0, 0.05) is 41.5 Å². The summed E-state index contributed by atoms with van der Waals surface area (Å²) in [6, 6.07) is 26.4. The summed E-state index contributed by atoms with van der Waals surface area (Å²) >= 11 is 6.77. The van der Waals surface area contributed by atoms with Gasteiger partial charge in [0.05, 0.1) is 80.3 Å². The van der Waals surface area contributed by atoms with E-state index in [1.807, 2.05) is 0 Å². The van der Waals surface area contributed by atoms with E-state index in [2.05, 4.69) is 20.0 Å². The molecule has 4 aromatic carbocycles. The number of ether oxygens (including phenoxy) is 4. The number of rotatable bonds is 24. The lowest BCUT2D eigenvalue weighted by molar-refractivity contribution is -0.118. The molecule has 0 saturated heterocycles. The van der Waals surface area contributed by atoms with E-state index < -0.39 is 29.0 Å². The highest BCUT2D eigenvalue weighted by Gasteiger charge is 2.16. The Morgan fingerprint density at radius 3 is 1.63 bits per heavy atom. The Morgan fingerprint density at radius 2 is 1.05 bits per heavy atom. The van der Waals surface area contributed by atoms with Crippen molar-refractivity contribution in [3.8, 4) is 23.0 Å². The first-order valence-corrected chi connectivity index (χ1v) is 28.5. The van der Waals surface area contributed by atoms with E-state index in [0.717, 1.165) is 52.6 Å². The molecule has 0 spiro atoms. The standard InChI is InChI=1S/C50H60N12O8S6/c1-67-35-12-7-9-30(21-35)23-42(63)59-48(55)74-41(53)29-72-20-18-46(76-50(57)60-43(64)24-31-10-8-13-36(22-31)68-2)58-34-16-15-33(38(27-34)70-4)26-45(66)61-47(54)73-39(51)17-19-71-28-40(52)75-49(56)62-44(65)25-32-11-5-6-14-37(32)69-3/h5-16,21-22,27,41,51-52H,17-20,23-26,28-29,53H2,1-4H3,(H2,54,61,66)(H2,55,59,63)(H2,56,62,65)(H2,57,60,64). The first kappa shape index (κ1) is 62.3. The summed E-state index contributed by atoms with van der Waals surface area (Å²) < 4.78 is 21.4. The first-order chi connectivity index (χ1) is 36.4. The lowest BCUT2D eigenvalue weighted by Crippen LogP contribution is -2.25. The van der Waals surface area contributed by atoms with Gasteiger partial charge in [-0.15, -0.1) is 0 Å². The van der Waals surface area contributed by atoms with Crippen molar-refractivity contribution in [1.82, 2.24) is 0 Å². The molecular formula is C50H60N12O8S6. The molecule has 4 amide bonds. The molecule has 26 heteroatoms. The third kappa shape index (κ3) is 24.1. The number of hydrogen-bond acceptors (Lipinski definition) is 18. The van der Waals surface area contributed by atoms with Crippen LogP contribution in [0, 0.1) is 10.8 Å². The van der Waals surface area contributed by atoms with Crippen LogP contribution in [0.15, 0.2) is 116 Å². The summed E-state index contributed by atoms with van der Waals surface area (Å²) in [6.45, 7) is 0. The van der Waals surface area contributed by atoms with Gasteiger partial charge in [-0.2, -0.15) is 43.5 Å². The molecular weight excluding hydrogens is 1090 g/mol. The van der Waals surface area contributed by atoms with Gasteiger partial charge in [0.1, 0.15) is 23.0 Å². The molecule has 0 aliphatic carbocycles. The monoisotopic (exact) mass is 1150 g/mol. The van der Waals surface area contributed by atoms with Gasteiger partial charge < -0.3 is 47.6 Å². The van der Waals surface area contributed by atoms with Gasteiger partial charge >= 0.3 is 0 Å². The van der Waals surface area contributed by atoms with Crippen LogP contribution in [-0.4, -0.2) is 116 Å². The van der Waals surface area contributed by atoms with Gasteiger partial charge in [-0.3, -0.25) is 30.0 Å². The van der Waals surface area contributed by atoms with Crippen molar-refractivity contribution in [2.75, 3.05) is 51.5 Å². The van der Waals surface area contributed by atoms with E-state index in [4.69, 9.17) is 63.4 Å². The zero-order valence-corrected chi connectivity index (χ0v) is 47.0. The van der Waals surface area contributed by atoms with Crippen LogP contribution in [0.3, 0.4) is 0 Å². The highest BCUT2D eigenvalue weighted by Crippen LogP contribution is 2.29. The second-order valence-corrected chi connectivity index (χ2v) is 22.4. The normalized spacial score (nSPS) is 12.7. The van der Waals surface area contributed by atoms with Gasteiger partial charge in [-0.25, -0.2) is 4.99 Å². The number of para-hydroxylation sites is 1. The van der Waals surface area contributed by atoms with E-state index in [-0.39, 0.29) is 62.2 Å². The summed E-state index contributed by atoms with van der Waals surface area (Å²) in [6.07, 6.45) is 0.596. The quantitative estimate of drug-likeness (QED) is 0.0164. The van der Waals surface area contributed by atoms with E-state index in [9.17, 15) is 19.2 Å². The molecule has 0 aromatic heterocycles. The third-order valence-corrected chi connectivity index (χ3v) is 15.3. The van der Waals surface area contributed by atoms with E-state index in [1.165, 1.54) is 37.7 Å². The number of nitrogens with one attached hydrogen (secondary N) is 2. The summed E-state index contributed by atoms with van der Waals surface area (Å²) in [5.74, 6) is 2.00. The van der Waals surface area contributed by atoms with E-state index in [1.54, 1.807) is 105 Å². The van der Waals surface area contributed by atoms with Crippen LogP contribution in [0.2, 0.25) is 0 Å². The van der Waals surface area contributed by atoms with Gasteiger partial charge in [0.25, 0.3) is 23.6 Å². The first-order valence-electron chi connectivity index (χ1n) is 22.8. The topological polar surface area (TPSA) is 345 Å². The molecule has 0 bridgehead atoms. The Hall–Kier alpha value is -6.29. The summed E-state index contributed by atoms with van der Waals surface area (Å²) in [7, 11) is 6.06. The largest absolute Gasteiger partial charge is 0.497 e. The molecule has 0 heterocycles. The predicted molar refractivity (Wildman–Crippen MR) is 318 cm³/mol. The predicted octanol–water partition coefficient (Wildman–Crippen LogP) is 6.81. The molecule has 0 aliphatic rings. The maximum atomic E-state index is 13.1.